The van der Waals surface area contributed by atoms with Gasteiger partial charge in [0.05, 0.1) is 5.71 Å². The Bertz CT molecular complexity index is 972. The molecular formula is C19H21N3O4S. The quantitative estimate of drug-likeness (QED) is 0.814. The highest BCUT2D eigenvalue weighted by molar-refractivity contribution is 7.92. The van der Waals surface area contributed by atoms with Crippen LogP contribution in [0.5, 0.6) is 0 Å². The molecule has 2 aromatic rings. The molecule has 1 aromatic carbocycles. The van der Waals surface area contributed by atoms with E-state index in [2.05, 4.69) is 10.1 Å². The van der Waals surface area contributed by atoms with Gasteiger partial charge in [0.2, 0.25) is 5.91 Å². The van der Waals surface area contributed by atoms with Crippen LogP contribution in [0.2, 0.25) is 0 Å². The summed E-state index contributed by atoms with van der Waals surface area (Å²) in [6, 6.07) is 11.7. The van der Waals surface area contributed by atoms with Gasteiger partial charge in [-0.05, 0) is 35.7 Å². The van der Waals surface area contributed by atoms with Gasteiger partial charge in [-0.25, -0.2) is 8.42 Å². The second kappa shape index (κ2) is 7.11. The van der Waals surface area contributed by atoms with Crippen molar-refractivity contribution in [1.29, 1.82) is 0 Å². The molecule has 0 unspecified atom stereocenters. The Morgan fingerprint density at radius 1 is 1.15 bits per heavy atom. The van der Waals surface area contributed by atoms with E-state index in [9.17, 15) is 13.2 Å². The highest BCUT2D eigenvalue weighted by atomic mass is 32.2. The van der Waals surface area contributed by atoms with Crippen molar-refractivity contribution in [2.24, 2.45) is 10.9 Å². The largest absolute Gasteiger partial charge is 0.392 e. The lowest BCUT2D eigenvalue weighted by Gasteiger charge is -2.25. The van der Waals surface area contributed by atoms with Crippen LogP contribution in [-0.2, 0) is 19.5 Å². The topological polar surface area (TPSA) is 112 Å². The van der Waals surface area contributed by atoms with Gasteiger partial charge in [-0.1, -0.05) is 29.4 Å². The molecule has 2 N–H and O–H groups in total. The molecule has 3 rings (SSSR count). The van der Waals surface area contributed by atoms with E-state index in [0.717, 1.165) is 22.9 Å². The molecule has 27 heavy (non-hydrogen) atoms. The van der Waals surface area contributed by atoms with Gasteiger partial charge in [0, 0.05) is 31.5 Å². The smallest absolute Gasteiger partial charge is 0.238 e. The van der Waals surface area contributed by atoms with Crippen molar-refractivity contribution in [3.8, 4) is 11.1 Å². The van der Waals surface area contributed by atoms with E-state index in [-0.39, 0.29) is 6.42 Å². The minimum Gasteiger partial charge on any atom is -0.392 e. The van der Waals surface area contributed by atoms with Gasteiger partial charge >= 0.3 is 0 Å². The Labute approximate surface area is 158 Å². The van der Waals surface area contributed by atoms with Crippen LogP contribution in [0, 0.1) is 0 Å². The van der Waals surface area contributed by atoms with Crippen molar-refractivity contribution >= 4 is 21.5 Å². The van der Waals surface area contributed by atoms with E-state index < -0.39 is 26.6 Å². The molecule has 0 saturated carbocycles. The van der Waals surface area contributed by atoms with Crippen molar-refractivity contribution in [2.45, 2.75) is 30.6 Å². The lowest BCUT2D eigenvalue weighted by atomic mass is 9.96. The Balaban J connectivity index is 1.72. The fourth-order valence-corrected chi connectivity index (χ4v) is 3.83. The summed E-state index contributed by atoms with van der Waals surface area (Å²) in [6.45, 7) is 1.33. The maximum atomic E-state index is 12.0. The van der Waals surface area contributed by atoms with Crippen molar-refractivity contribution in [1.82, 2.24) is 4.98 Å². The summed E-state index contributed by atoms with van der Waals surface area (Å²) in [7, 11) is -3.68. The molecule has 1 aromatic heterocycles. The molecule has 0 saturated heterocycles. The number of carbonyl (C=O) groups is 1. The first-order valence-corrected chi connectivity index (χ1v) is 10.3. The number of carbonyl (C=O) groups excluding carboxylic acids is 1. The molecule has 1 aliphatic rings. The van der Waals surface area contributed by atoms with Crippen LogP contribution < -0.4 is 5.73 Å². The van der Waals surface area contributed by atoms with E-state index in [1.807, 2.05) is 36.4 Å². The summed E-state index contributed by atoms with van der Waals surface area (Å²) in [5.41, 5.74) is 9.04. The Hall–Kier alpha value is -2.74. The molecule has 7 nitrogen and oxygen atoms in total. The molecule has 1 aliphatic heterocycles. The van der Waals surface area contributed by atoms with Gasteiger partial charge in [0.15, 0.2) is 14.6 Å². The van der Waals surface area contributed by atoms with Crippen LogP contribution in [0.25, 0.3) is 11.1 Å². The van der Waals surface area contributed by atoms with E-state index in [1.165, 1.54) is 6.92 Å². The highest BCUT2D eigenvalue weighted by Crippen LogP contribution is 2.29. The third kappa shape index (κ3) is 3.85. The maximum absolute atomic E-state index is 12.0. The van der Waals surface area contributed by atoms with Gasteiger partial charge in [-0.3, -0.25) is 9.78 Å². The fourth-order valence-electron chi connectivity index (χ4n) is 2.98. The normalized spacial score (nSPS) is 19.0. The number of sulfone groups is 1. The SMILES string of the molecule is C[C@@](C[C@H]1CC(c2ccc(-c3ccncc3)cc2)=NO1)(C(N)=O)S(C)(=O)=O. The van der Waals surface area contributed by atoms with Crippen LogP contribution in [-0.4, -0.2) is 42.1 Å². The van der Waals surface area contributed by atoms with Crippen molar-refractivity contribution in [2.75, 3.05) is 6.26 Å². The van der Waals surface area contributed by atoms with Gasteiger partial charge in [-0.2, -0.15) is 0 Å². The first kappa shape index (κ1) is 19.0. The number of amides is 1. The van der Waals surface area contributed by atoms with Crippen molar-refractivity contribution in [3.63, 3.8) is 0 Å². The van der Waals surface area contributed by atoms with Crippen LogP contribution in [0.1, 0.15) is 25.3 Å². The molecule has 1 amide bonds. The summed E-state index contributed by atoms with van der Waals surface area (Å²) < 4.78 is 22.3. The second-order valence-electron chi connectivity index (χ2n) is 6.85. The molecule has 0 aliphatic carbocycles. The van der Waals surface area contributed by atoms with Crippen molar-refractivity contribution in [3.05, 3.63) is 54.4 Å². The molecule has 0 radical (unpaired) electrons. The Kier molecular flexibility index (Phi) is 5.01. The van der Waals surface area contributed by atoms with E-state index in [0.29, 0.717) is 12.1 Å². The molecule has 142 valence electrons. The molecule has 8 heteroatoms. The van der Waals surface area contributed by atoms with E-state index in [4.69, 9.17) is 10.6 Å². The van der Waals surface area contributed by atoms with Crippen LogP contribution in [0.4, 0.5) is 0 Å². The first-order valence-electron chi connectivity index (χ1n) is 8.44. The number of rotatable bonds is 6. The number of primary amides is 1. The number of aromatic nitrogens is 1. The number of hydrogen-bond donors (Lipinski definition) is 1. The lowest BCUT2D eigenvalue weighted by Crippen LogP contribution is -2.49. The lowest BCUT2D eigenvalue weighted by molar-refractivity contribution is -0.121. The molecule has 0 bridgehead atoms. The predicted octanol–water partition coefficient (Wildman–Crippen LogP) is 1.92. The van der Waals surface area contributed by atoms with E-state index >= 15 is 0 Å². The Morgan fingerprint density at radius 2 is 1.70 bits per heavy atom. The number of pyridine rings is 1. The minimum atomic E-state index is -3.68. The zero-order valence-corrected chi connectivity index (χ0v) is 15.9. The summed E-state index contributed by atoms with van der Waals surface area (Å²) in [5, 5.41) is 4.08. The third-order valence-corrected chi connectivity index (χ3v) is 6.93. The fraction of sp³-hybridized carbons (Fsp3) is 0.316. The van der Waals surface area contributed by atoms with E-state index in [1.54, 1.807) is 12.4 Å². The number of hydrogen-bond acceptors (Lipinski definition) is 6. The third-order valence-electron chi connectivity index (χ3n) is 4.92. The molecule has 2 atom stereocenters. The van der Waals surface area contributed by atoms with Gasteiger partial charge < -0.3 is 10.6 Å². The maximum Gasteiger partial charge on any atom is 0.238 e. The average molecular weight is 387 g/mol. The highest BCUT2D eigenvalue weighted by Gasteiger charge is 2.45. The zero-order chi connectivity index (χ0) is 19.7. The number of nitrogens with two attached hydrogens (primary N) is 1. The van der Waals surface area contributed by atoms with Crippen LogP contribution in [0.15, 0.2) is 53.9 Å². The monoisotopic (exact) mass is 387 g/mol. The summed E-state index contributed by atoms with van der Waals surface area (Å²) in [6.07, 6.45) is 4.33. The number of oxime groups is 1. The minimum absolute atomic E-state index is 0.0384. The number of benzene rings is 1. The molecular weight excluding hydrogens is 366 g/mol. The van der Waals surface area contributed by atoms with Gasteiger partial charge in [0.25, 0.3) is 0 Å². The summed E-state index contributed by atoms with van der Waals surface area (Å²) >= 11 is 0. The first-order chi connectivity index (χ1) is 12.7. The predicted molar refractivity (Wildman–Crippen MR) is 103 cm³/mol. The number of nitrogens with zero attached hydrogens (tertiary/aromatic N) is 2. The molecule has 2 heterocycles. The molecule has 0 spiro atoms. The van der Waals surface area contributed by atoms with Gasteiger partial charge in [0.1, 0.15) is 6.10 Å². The van der Waals surface area contributed by atoms with Crippen LogP contribution in [0.3, 0.4) is 0 Å². The van der Waals surface area contributed by atoms with Crippen molar-refractivity contribution < 1.29 is 18.0 Å². The second-order valence-corrected chi connectivity index (χ2v) is 9.30. The zero-order valence-electron chi connectivity index (χ0n) is 15.1. The summed E-state index contributed by atoms with van der Waals surface area (Å²) in [5.74, 6) is -0.885. The molecule has 0 fully saturated rings. The summed E-state index contributed by atoms with van der Waals surface area (Å²) in [4.78, 5) is 21.1. The Morgan fingerprint density at radius 3 is 2.26 bits per heavy atom. The average Bonchev–Trinajstić information content (AvgIpc) is 3.10. The van der Waals surface area contributed by atoms with Crippen LogP contribution >= 0.6 is 0 Å². The van der Waals surface area contributed by atoms with Gasteiger partial charge in [-0.15, -0.1) is 0 Å². The standard InChI is InChI=1S/C19H21N3O4S/c1-19(18(20)23,27(2,24)25)12-16-11-17(22-26-16)15-5-3-13(4-6-15)14-7-9-21-10-8-14/h3-10,16H,11-12H2,1-2H3,(H2,20,23)/t16-,19-/m1/s1.